The van der Waals surface area contributed by atoms with Crippen molar-refractivity contribution >= 4 is 15.9 Å². The Morgan fingerprint density at radius 1 is 1.31 bits per heavy atom. The molecule has 0 spiro atoms. The second-order valence-electron chi connectivity index (χ2n) is 3.51. The molecule has 0 amide bonds. The van der Waals surface area contributed by atoms with Gasteiger partial charge < -0.3 is 5.11 Å². The molecule has 0 aliphatic rings. The second kappa shape index (κ2) is 4.72. The summed E-state index contributed by atoms with van der Waals surface area (Å²) in [7, 11) is 0. The maximum Gasteiger partial charge on any atom is 0.122 e. The molecule has 0 aliphatic carbocycles. The first kappa shape index (κ1) is 11.2. The van der Waals surface area contributed by atoms with Crippen LogP contribution in [0.1, 0.15) is 22.9 Å². The number of nitrogens with zero attached hydrogens (tertiary/aromatic N) is 2. The standard InChI is InChI=1S/C12H11BrN2O/c1-8-3-2-4-9(11(8)13)12(16)10-5-6-14-7-15-10/h2-7,12,16H,1H3/t12-/m0/s1. The molecule has 3 nitrogen and oxygen atoms in total. The molecule has 16 heavy (non-hydrogen) atoms. The molecule has 0 fully saturated rings. The second-order valence-corrected chi connectivity index (χ2v) is 4.31. The van der Waals surface area contributed by atoms with Crippen LogP contribution in [0.15, 0.2) is 41.3 Å². The van der Waals surface area contributed by atoms with Crippen LogP contribution >= 0.6 is 15.9 Å². The van der Waals surface area contributed by atoms with E-state index in [0.717, 1.165) is 15.6 Å². The first-order chi connectivity index (χ1) is 7.70. The molecule has 2 rings (SSSR count). The van der Waals surface area contributed by atoms with E-state index in [1.807, 2.05) is 25.1 Å². The van der Waals surface area contributed by atoms with Crippen LogP contribution in [0.3, 0.4) is 0 Å². The molecular weight excluding hydrogens is 268 g/mol. The highest BCUT2D eigenvalue weighted by Crippen LogP contribution is 2.29. The van der Waals surface area contributed by atoms with Gasteiger partial charge in [-0.1, -0.05) is 34.1 Å². The lowest BCUT2D eigenvalue weighted by molar-refractivity contribution is 0.214. The normalized spacial score (nSPS) is 12.4. The number of aliphatic hydroxyl groups excluding tert-OH is 1. The predicted molar refractivity (Wildman–Crippen MR) is 65.0 cm³/mol. The minimum Gasteiger partial charge on any atom is -0.382 e. The molecule has 0 radical (unpaired) electrons. The van der Waals surface area contributed by atoms with Crippen LogP contribution in [0.25, 0.3) is 0 Å². The number of rotatable bonds is 2. The van der Waals surface area contributed by atoms with E-state index in [9.17, 15) is 5.11 Å². The summed E-state index contributed by atoms with van der Waals surface area (Å²) in [4.78, 5) is 7.87. The Kier molecular flexibility index (Phi) is 3.31. The summed E-state index contributed by atoms with van der Waals surface area (Å²) >= 11 is 3.47. The highest BCUT2D eigenvalue weighted by molar-refractivity contribution is 9.10. The van der Waals surface area contributed by atoms with Crippen LogP contribution in [0.4, 0.5) is 0 Å². The fourth-order valence-electron chi connectivity index (χ4n) is 1.50. The SMILES string of the molecule is Cc1cccc([C@H](O)c2ccncn2)c1Br. The van der Waals surface area contributed by atoms with E-state index in [4.69, 9.17) is 0 Å². The topological polar surface area (TPSA) is 46.0 Å². The van der Waals surface area contributed by atoms with Crippen molar-refractivity contribution in [1.82, 2.24) is 9.97 Å². The molecule has 4 heteroatoms. The summed E-state index contributed by atoms with van der Waals surface area (Å²) in [6.07, 6.45) is 2.33. The molecule has 82 valence electrons. The van der Waals surface area contributed by atoms with Gasteiger partial charge in [0.05, 0.1) is 5.69 Å². The van der Waals surface area contributed by atoms with E-state index in [1.54, 1.807) is 12.3 Å². The van der Waals surface area contributed by atoms with Crippen LogP contribution in [-0.4, -0.2) is 15.1 Å². The van der Waals surface area contributed by atoms with Crippen molar-refractivity contribution in [2.24, 2.45) is 0 Å². The number of benzene rings is 1. The fraction of sp³-hybridized carbons (Fsp3) is 0.167. The van der Waals surface area contributed by atoms with Crippen molar-refractivity contribution < 1.29 is 5.11 Å². The average Bonchev–Trinajstić information content (AvgIpc) is 2.33. The molecular formula is C12H11BrN2O. The Labute approximate surface area is 102 Å². The maximum atomic E-state index is 10.2. The lowest BCUT2D eigenvalue weighted by Gasteiger charge is -2.13. The Bertz CT molecular complexity index is 488. The number of aromatic nitrogens is 2. The van der Waals surface area contributed by atoms with Gasteiger partial charge in [0.1, 0.15) is 12.4 Å². The summed E-state index contributed by atoms with van der Waals surface area (Å²) in [5, 5.41) is 10.2. The molecule has 0 saturated heterocycles. The first-order valence-electron chi connectivity index (χ1n) is 4.89. The lowest BCUT2D eigenvalue weighted by Crippen LogP contribution is -2.03. The molecule has 0 aliphatic heterocycles. The van der Waals surface area contributed by atoms with E-state index < -0.39 is 6.10 Å². The van der Waals surface area contributed by atoms with Crippen LogP contribution in [0.5, 0.6) is 0 Å². The van der Waals surface area contributed by atoms with Gasteiger partial charge >= 0.3 is 0 Å². The summed E-state index contributed by atoms with van der Waals surface area (Å²) < 4.78 is 0.918. The maximum absolute atomic E-state index is 10.2. The quantitative estimate of drug-likeness (QED) is 0.919. The van der Waals surface area contributed by atoms with Crippen molar-refractivity contribution in [3.8, 4) is 0 Å². The highest BCUT2D eigenvalue weighted by Gasteiger charge is 2.15. The Hall–Kier alpha value is -1.26. The van der Waals surface area contributed by atoms with E-state index >= 15 is 0 Å². The zero-order chi connectivity index (χ0) is 11.5. The number of aryl methyl sites for hydroxylation is 1. The van der Waals surface area contributed by atoms with Crippen LogP contribution in [0.2, 0.25) is 0 Å². The van der Waals surface area contributed by atoms with Gasteiger partial charge in [-0.05, 0) is 18.6 Å². The van der Waals surface area contributed by atoms with Gasteiger partial charge in [0.25, 0.3) is 0 Å². The fourth-order valence-corrected chi connectivity index (χ4v) is 1.98. The van der Waals surface area contributed by atoms with Gasteiger partial charge in [0.15, 0.2) is 0 Å². The molecule has 1 N–H and O–H groups in total. The molecule has 0 saturated carbocycles. The van der Waals surface area contributed by atoms with Gasteiger partial charge in [-0.15, -0.1) is 0 Å². The largest absolute Gasteiger partial charge is 0.382 e. The number of hydrogen-bond acceptors (Lipinski definition) is 3. The average molecular weight is 279 g/mol. The third-order valence-electron chi connectivity index (χ3n) is 2.40. The van der Waals surface area contributed by atoms with Gasteiger partial charge in [0.2, 0.25) is 0 Å². The smallest absolute Gasteiger partial charge is 0.122 e. The molecule has 1 heterocycles. The minimum absolute atomic E-state index is 0.598. The van der Waals surface area contributed by atoms with Gasteiger partial charge in [-0.2, -0.15) is 0 Å². The van der Waals surface area contributed by atoms with Crippen LogP contribution in [-0.2, 0) is 0 Å². The third kappa shape index (κ3) is 2.13. The molecule has 0 bridgehead atoms. The van der Waals surface area contributed by atoms with E-state index in [2.05, 4.69) is 25.9 Å². The Morgan fingerprint density at radius 3 is 2.81 bits per heavy atom. The highest BCUT2D eigenvalue weighted by atomic mass is 79.9. The Balaban J connectivity index is 2.42. The zero-order valence-corrected chi connectivity index (χ0v) is 10.3. The van der Waals surface area contributed by atoms with Gasteiger partial charge in [-0.25, -0.2) is 9.97 Å². The Morgan fingerprint density at radius 2 is 2.12 bits per heavy atom. The third-order valence-corrected chi connectivity index (χ3v) is 3.48. The summed E-state index contributed by atoms with van der Waals surface area (Å²) in [5.41, 5.74) is 2.51. The molecule has 0 unspecified atom stereocenters. The predicted octanol–water partition coefficient (Wildman–Crippen LogP) is 2.63. The van der Waals surface area contributed by atoms with Crippen LogP contribution in [0, 0.1) is 6.92 Å². The lowest BCUT2D eigenvalue weighted by atomic mass is 10.0. The van der Waals surface area contributed by atoms with Gasteiger partial charge in [0, 0.05) is 16.2 Å². The van der Waals surface area contributed by atoms with Crippen LogP contribution < -0.4 is 0 Å². The summed E-state index contributed by atoms with van der Waals surface area (Å²) in [6, 6.07) is 7.49. The monoisotopic (exact) mass is 278 g/mol. The van der Waals surface area contributed by atoms with Crippen molar-refractivity contribution in [2.45, 2.75) is 13.0 Å². The first-order valence-corrected chi connectivity index (χ1v) is 5.68. The molecule has 1 aromatic heterocycles. The number of hydrogen-bond donors (Lipinski definition) is 1. The van der Waals surface area contributed by atoms with E-state index in [0.29, 0.717) is 5.69 Å². The zero-order valence-electron chi connectivity index (χ0n) is 8.76. The van der Waals surface area contributed by atoms with E-state index in [-0.39, 0.29) is 0 Å². The van der Waals surface area contributed by atoms with Crippen molar-refractivity contribution in [3.05, 3.63) is 58.1 Å². The van der Waals surface area contributed by atoms with Gasteiger partial charge in [-0.3, -0.25) is 0 Å². The molecule has 1 aromatic carbocycles. The molecule has 2 aromatic rings. The van der Waals surface area contributed by atoms with Crippen molar-refractivity contribution in [2.75, 3.05) is 0 Å². The minimum atomic E-state index is -0.725. The summed E-state index contributed by atoms with van der Waals surface area (Å²) in [6.45, 7) is 1.99. The number of halogens is 1. The van der Waals surface area contributed by atoms with Crippen molar-refractivity contribution in [3.63, 3.8) is 0 Å². The van der Waals surface area contributed by atoms with E-state index in [1.165, 1.54) is 6.33 Å². The number of aliphatic hydroxyl groups is 1. The molecule has 1 atom stereocenters. The van der Waals surface area contributed by atoms with Crippen molar-refractivity contribution in [1.29, 1.82) is 0 Å². The summed E-state index contributed by atoms with van der Waals surface area (Å²) in [5.74, 6) is 0.